The van der Waals surface area contributed by atoms with Crippen molar-refractivity contribution in [2.75, 3.05) is 18.4 Å². The van der Waals surface area contributed by atoms with E-state index in [4.69, 9.17) is 9.90 Å². The van der Waals surface area contributed by atoms with Crippen LogP contribution in [0.15, 0.2) is 18.7 Å². The van der Waals surface area contributed by atoms with Gasteiger partial charge < -0.3 is 15.0 Å². The average Bonchev–Trinajstić information content (AvgIpc) is 2.93. The Morgan fingerprint density at radius 2 is 1.93 bits per heavy atom. The van der Waals surface area contributed by atoms with Gasteiger partial charge in [-0.15, -0.1) is 0 Å². The molecule has 1 saturated carbocycles. The quantitative estimate of drug-likeness (QED) is 0.775. The fourth-order valence-corrected chi connectivity index (χ4v) is 3.35. The van der Waals surface area contributed by atoms with Gasteiger partial charge in [0.15, 0.2) is 0 Å². The predicted molar refractivity (Wildman–Crippen MR) is 103 cm³/mol. The summed E-state index contributed by atoms with van der Waals surface area (Å²) in [7, 11) is 2.06. The molecule has 0 unspecified atom stereocenters. The summed E-state index contributed by atoms with van der Waals surface area (Å²) < 4.78 is 33.8. The molecule has 0 amide bonds. The van der Waals surface area contributed by atoms with Crippen molar-refractivity contribution in [3.8, 4) is 0 Å². The van der Waals surface area contributed by atoms with Gasteiger partial charge in [0.2, 0.25) is 0 Å². The molecule has 0 aromatic carbocycles. The minimum atomic E-state index is -5.08. The zero-order chi connectivity index (χ0) is 21.7. The molecule has 3 heterocycles. The molecule has 2 aromatic rings. The number of halogens is 3. The lowest BCUT2D eigenvalue weighted by Crippen LogP contribution is -2.29. The van der Waals surface area contributed by atoms with E-state index in [0.717, 1.165) is 44.1 Å². The number of carboxylic acid groups (broad SMARTS) is 1. The van der Waals surface area contributed by atoms with E-state index in [1.54, 1.807) is 6.33 Å². The van der Waals surface area contributed by atoms with E-state index in [0.29, 0.717) is 6.04 Å². The molecular weight excluding hydrogens is 401 g/mol. The molecule has 4 rings (SSSR count). The van der Waals surface area contributed by atoms with Crippen molar-refractivity contribution in [2.45, 2.75) is 50.9 Å². The predicted octanol–water partition coefficient (Wildman–Crippen LogP) is 2.41. The van der Waals surface area contributed by atoms with Crippen LogP contribution in [-0.2, 0) is 31.2 Å². The van der Waals surface area contributed by atoms with Gasteiger partial charge in [-0.3, -0.25) is 4.90 Å². The maximum atomic E-state index is 10.6. The number of anilines is 1. The van der Waals surface area contributed by atoms with Crippen LogP contribution in [0.2, 0.25) is 0 Å². The first-order chi connectivity index (χ1) is 14.2. The Bertz CT molecular complexity index is 866. The van der Waals surface area contributed by atoms with Crippen molar-refractivity contribution >= 4 is 11.8 Å². The summed E-state index contributed by atoms with van der Waals surface area (Å²) in [5.74, 6) is -0.569. The summed E-state index contributed by atoms with van der Waals surface area (Å²) in [5, 5.41) is 10.7. The van der Waals surface area contributed by atoms with Gasteiger partial charge in [-0.2, -0.15) is 13.2 Å². The summed E-state index contributed by atoms with van der Waals surface area (Å²) in [6.45, 7) is 2.96. The van der Waals surface area contributed by atoms with E-state index in [-0.39, 0.29) is 0 Å². The fraction of sp³-hybridized carbons (Fsp3) is 0.579. The number of nitrogens with zero attached hydrogens (tertiary/aromatic N) is 5. The van der Waals surface area contributed by atoms with Crippen LogP contribution < -0.4 is 5.32 Å². The highest BCUT2D eigenvalue weighted by Gasteiger charge is 2.38. The van der Waals surface area contributed by atoms with Crippen molar-refractivity contribution in [1.29, 1.82) is 0 Å². The Morgan fingerprint density at radius 3 is 2.50 bits per heavy atom. The van der Waals surface area contributed by atoms with E-state index in [1.807, 2.05) is 12.4 Å². The second-order valence-electron chi connectivity index (χ2n) is 7.45. The molecular formula is C19H25F3N6O2. The monoisotopic (exact) mass is 426 g/mol. The molecule has 0 bridgehead atoms. The number of aryl methyl sites for hydroxylation is 1. The topological polar surface area (TPSA) is 96.2 Å². The lowest BCUT2D eigenvalue weighted by Gasteiger charge is -2.28. The van der Waals surface area contributed by atoms with Gasteiger partial charge in [-0.25, -0.2) is 19.7 Å². The van der Waals surface area contributed by atoms with Gasteiger partial charge in [0, 0.05) is 50.6 Å². The zero-order valence-corrected chi connectivity index (χ0v) is 16.7. The van der Waals surface area contributed by atoms with Crippen LogP contribution in [0.5, 0.6) is 0 Å². The number of nitrogens with one attached hydrogen (secondary N) is 1. The standard InChI is InChI=1S/C17H24N6.C2HF3O2/c1-22-10-7-18-16(22)11-23-8-5-14-15(6-9-23)19-12-20-17(14)21-13-3-2-4-13;3-2(4,5)1(6)7/h7,10,12-13H,2-6,8-9,11H2,1H3,(H,19,20,21);(H,6,7). The summed E-state index contributed by atoms with van der Waals surface area (Å²) in [4.78, 5) is 24.9. The van der Waals surface area contributed by atoms with E-state index in [1.165, 1.54) is 30.5 Å². The number of aromatic nitrogens is 4. The molecule has 1 aliphatic carbocycles. The SMILES string of the molecule is Cn1ccnc1CN1CCc2ncnc(NC3CCC3)c2CC1.O=C(O)C(F)(F)F. The number of hydrogen-bond donors (Lipinski definition) is 2. The number of carbonyl (C=O) groups is 1. The third-order valence-electron chi connectivity index (χ3n) is 5.35. The lowest BCUT2D eigenvalue weighted by atomic mass is 9.93. The van der Waals surface area contributed by atoms with Crippen molar-refractivity contribution in [2.24, 2.45) is 7.05 Å². The largest absolute Gasteiger partial charge is 0.490 e. The molecule has 164 valence electrons. The van der Waals surface area contributed by atoms with Crippen molar-refractivity contribution in [3.63, 3.8) is 0 Å². The highest BCUT2D eigenvalue weighted by molar-refractivity contribution is 5.73. The number of rotatable bonds is 4. The summed E-state index contributed by atoms with van der Waals surface area (Å²) in [6.07, 6.45) is 6.38. The lowest BCUT2D eigenvalue weighted by molar-refractivity contribution is -0.192. The van der Waals surface area contributed by atoms with E-state index in [2.05, 4.69) is 36.8 Å². The number of aliphatic carboxylic acids is 1. The van der Waals surface area contributed by atoms with Crippen LogP contribution in [0.4, 0.5) is 19.0 Å². The van der Waals surface area contributed by atoms with E-state index in [9.17, 15) is 13.2 Å². The smallest absolute Gasteiger partial charge is 0.475 e. The van der Waals surface area contributed by atoms with Crippen LogP contribution in [0, 0.1) is 0 Å². The third kappa shape index (κ3) is 5.68. The van der Waals surface area contributed by atoms with Gasteiger partial charge >= 0.3 is 12.1 Å². The molecule has 0 spiro atoms. The third-order valence-corrected chi connectivity index (χ3v) is 5.35. The van der Waals surface area contributed by atoms with Crippen LogP contribution >= 0.6 is 0 Å². The molecule has 2 aromatic heterocycles. The van der Waals surface area contributed by atoms with Gasteiger partial charge in [-0.1, -0.05) is 0 Å². The Kier molecular flexibility index (Phi) is 6.91. The highest BCUT2D eigenvalue weighted by Crippen LogP contribution is 2.26. The first-order valence-electron chi connectivity index (χ1n) is 9.82. The summed E-state index contributed by atoms with van der Waals surface area (Å²) in [6, 6.07) is 0.612. The first-order valence-corrected chi connectivity index (χ1v) is 9.82. The van der Waals surface area contributed by atoms with E-state index < -0.39 is 12.1 Å². The number of fused-ring (bicyclic) bond motifs is 1. The molecule has 2 N–H and O–H groups in total. The van der Waals surface area contributed by atoms with Crippen LogP contribution in [0.3, 0.4) is 0 Å². The molecule has 8 nitrogen and oxygen atoms in total. The normalized spacial score (nSPS) is 17.2. The fourth-order valence-electron chi connectivity index (χ4n) is 3.35. The molecule has 1 aliphatic heterocycles. The molecule has 1 fully saturated rings. The molecule has 30 heavy (non-hydrogen) atoms. The van der Waals surface area contributed by atoms with Crippen LogP contribution in [-0.4, -0.2) is 60.8 Å². The molecule has 0 saturated heterocycles. The Labute approximate surface area is 172 Å². The van der Waals surface area contributed by atoms with Crippen LogP contribution in [0.25, 0.3) is 0 Å². The molecule has 2 aliphatic rings. The summed E-state index contributed by atoms with van der Waals surface area (Å²) >= 11 is 0. The van der Waals surface area contributed by atoms with Crippen molar-refractivity contribution in [1.82, 2.24) is 24.4 Å². The van der Waals surface area contributed by atoms with Crippen molar-refractivity contribution in [3.05, 3.63) is 35.8 Å². The highest BCUT2D eigenvalue weighted by atomic mass is 19.4. The minimum Gasteiger partial charge on any atom is -0.475 e. The number of alkyl halides is 3. The molecule has 0 atom stereocenters. The zero-order valence-electron chi connectivity index (χ0n) is 16.7. The minimum absolute atomic E-state index is 0.612. The Hall–Kier alpha value is -2.69. The van der Waals surface area contributed by atoms with Gasteiger partial charge in [0.05, 0.1) is 12.2 Å². The maximum Gasteiger partial charge on any atom is 0.490 e. The van der Waals surface area contributed by atoms with Gasteiger partial charge in [0.25, 0.3) is 0 Å². The second kappa shape index (κ2) is 9.41. The maximum absolute atomic E-state index is 10.6. The van der Waals surface area contributed by atoms with Gasteiger partial charge in [0.1, 0.15) is 18.0 Å². The average molecular weight is 426 g/mol. The van der Waals surface area contributed by atoms with Gasteiger partial charge in [-0.05, 0) is 25.7 Å². The number of imidazole rings is 1. The first kappa shape index (κ1) is 22.0. The van der Waals surface area contributed by atoms with E-state index >= 15 is 0 Å². The second-order valence-corrected chi connectivity index (χ2v) is 7.45. The van der Waals surface area contributed by atoms with Crippen LogP contribution in [0.1, 0.15) is 36.3 Å². The molecule has 0 radical (unpaired) electrons. The number of carboxylic acids is 1. The Morgan fingerprint density at radius 1 is 1.23 bits per heavy atom. The van der Waals surface area contributed by atoms with Crippen molar-refractivity contribution < 1.29 is 23.1 Å². The number of hydrogen-bond acceptors (Lipinski definition) is 6. The Balaban J connectivity index is 0.000000318. The summed E-state index contributed by atoms with van der Waals surface area (Å²) in [5.41, 5.74) is 2.53. The molecule has 11 heteroatoms.